The quantitative estimate of drug-likeness (QED) is 0.472. The maximum atomic E-state index is 0. The maximum Gasteiger partial charge on any atom is 0.187 e. The van der Waals surface area contributed by atoms with E-state index in [1.165, 1.54) is 0 Å². The predicted molar refractivity (Wildman–Crippen MR) is 9.94 cm³/mol. The molecule has 0 unspecified atom stereocenters. The van der Waals surface area contributed by atoms with E-state index in [0.29, 0.717) is 0 Å². The second-order valence-electron chi connectivity index (χ2n) is 0. The van der Waals surface area contributed by atoms with Crippen LogP contribution in [0.2, 0.25) is 0 Å². The standard InChI is InChI=1S/Al.Au.Nb.Ti.3H. The fourth-order valence-electron chi connectivity index (χ4n) is 0. The molecule has 0 bridgehead atoms. The Balaban J connectivity index is 0. The van der Waals surface area contributed by atoms with Crippen LogP contribution in [-0.4, -0.2) is 17.4 Å². The van der Waals surface area contributed by atoms with Crippen LogP contribution >= 0.6 is 0 Å². The van der Waals surface area contributed by atoms with E-state index in [0.717, 1.165) is 0 Å². The first-order valence-corrected chi connectivity index (χ1v) is 0. The molecule has 0 nitrogen and oxygen atoms in total. The minimum absolute atomic E-state index is 0. The molecule has 4 heavy (non-hydrogen) atoms. The Morgan fingerprint density at radius 1 is 1.00 bits per heavy atom. The minimum atomic E-state index is 0. The van der Waals surface area contributed by atoms with Crippen LogP contribution in [0.4, 0.5) is 0 Å². The molecule has 0 aliphatic carbocycles. The van der Waals surface area contributed by atoms with Crippen molar-refractivity contribution in [3.8, 4) is 0 Å². The van der Waals surface area contributed by atoms with Crippen LogP contribution in [0.15, 0.2) is 0 Å². The molecule has 0 N–H and O–H groups in total. The first-order valence-electron chi connectivity index (χ1n) is 0. The summed E-state index contributed by atoms with van der Waals surface area (Å²) in [6.07, 6.45) is 0. The molecule has 0 atom stereocenters. The summed E-state index contributed by atoms with van der Waals surface area (Å²) in [6, 6.07) is 0. The summed E-state index contributed by atoms with van der Waals surface area (Å²) in [6.45, 7) is 0. The van der Waals surface area contributed by atoms with Crippen molar-refractivity contribution in [1.29, 1.82) is 0 Å². The van der Waals surface area contributed by atoms with Gasteiger partial charge in [-0.25, -0.2) is 0 Å². The van der Waals surface area contributed by atoms with Gasteiger partial charge in [0.2, 0.25) is 0 Å². The molecule has 0 saturated carbocycles. The topological polar surface area (TPSA) is 0 Å². The van der Waals surface area contributed by atoms with E-state index in [9.17, 15) is 0 Å². The van der Waals surface area contributed by atoms with Gasteiger partial charge in [0.25, 0.3) is 0 Å². The summed E-state index contributed by atoms with van der Waals surface area (Å²) in [5.41, 5.74) is 0. The van der Waals surface area contributed by atoms with Crippen LogP contribution in [0.1, 0.15) is 0 Å². The van der Waals surface area contributed by atoms with Crippen molar-refractivity contribution in [1.82, 2.24) is 0 Å². The predicted octanol–water partition coefficient (Wildman–Crippen LogP) is -1.19. The van der Waals surface area contributed by atoms with E-state index in [1.54, 1.807) is 0 Å². The van der Waals surface area contributed by atoms with Crippen LogP contribution in [0, 0.1) is 0 Å². The molecule has 4 heteroatoms. The van der Waals surface area contributed by atoms with Crippen LogP contribution in [-0.2, 0) is 66.5 Å². The molecular weight excluding hydrogens is 365 g/mol. The zero-order valence-corrected chi connectivity index (χ0v) is 7.18. The van der Waals surface area contributed by atoms with Crippen molar-refractivity contribution in [2.24, 2.45) is 0 Å². The Morgan fingerprint density at radius 3 is 1.00 bits per heavy atom. The van der Waals surface area contributed by atoms with E-state index >= 15 is 0 Å². The molecule has 26 valence electrons. The molecule has 0 fully saturated rings. The molecule has 0 saturated heterocycles. The van der Waals surface area contributed by atoms with Crippen molar-refractivity contribution in [3.05, 3.63) is 0 Å². The smallest absolute Gasteiger partial charge is 0 e. The van der Waals surface area contributed by atoms with Crippen LogP contribution in [0.25, 0.3) is 0 Å². The van der Waals surface area contributed by atoms with E-state index in [4.69, 9.17) is 0 Å². The fraction of sp³-hybridized carbons (Fsp3) is 0. The van der Waals surface area contributed by atoms with E-state index in [-0.39, 0.29) is 83.8 Å². The van der Waals surface area contributed by atoms with Crippen molar-refractivity contribution in [2.45, 2.75) is 0 Å². The molecule has 0 aliphatic heterocycles. The van der Waals surface area contributed by atoms with E-state index in [1.807, 2.05) is 0 Å². The van der Waals surface area contributed by atoms with Gasteiger partial charge in [0.05, 0.1) is 0 Å². The Hall–Kier alpha value is 2.73. The molecule has 0 aromatic heterocycles. The van der Waals surface area contributed by atoms with Gasteiger partial charge in [-0.1, -0.05) is 0 Å². The van der Waals surface area contributed by atoms with E-state index < -0.39 is 0 Å². The first kappa shape index (κ1) is 29.7. The maximum absolute atomic E-state index is 0. The molecule has 0 aromatic rings. The van der Waals surface area contributed by atoms with Crippen molar-refractivity contribution in [3.63, 3.8) is 0 Å². The van der Waals surface area contributed by atoms with Crippen LogP contribution < -0.4 is 0 Å². The molecule has 0 rings (SSSR count). The summed E-state index contributed by atoms with van der Waals surface area (Å²) in [7, 11) is 0. The Morgan fingerprint density at radius 2 is 1.00 bits per heavy atom. The third-order valence-corrected chi connectivity index (χ3v) is 0. The third-order valence-electron chi connectivity index (χ3n) is 0. The van der Waals surface area contributed by atoms with Crippen LogP contribution in [0.3, 0.4) is 0 Å². The molecule has 0 aliphatic rings. The molecular formula is H3AlAuNbTi. The first-order chi connectivity index (χ1) is 0. The molecule has 2 radical (unpaired) electrons. The van der Waals surface area contributed by atoms with Gasteiger partial charge in [0.15, 0.2) is 17.4 Å². The summed E-state index contributed by atoms with van der Waals surface area (Å²) in [5.74, 6) is 0. The molecule has 0 amide bonds. The molecule has 0 spiro atoms. The van der Waals surface area contributed by atoms with Gasteiger partial charge >= 0.3 is 0 Å². The van der Waals surface area contributed by atoms with Crippen molar-refractivity contribution >= 4 is 17.4 Å². The second kappa shape index (κ2) is 17.2. The summed E-state index contributed by atoms with van der Waals surface area (Å²) < 4.78 is 0. The zero-order chi connectivity index (χ0) is 0. The summed E-state index contributed by atoms with van der Waals surface area (Å²) >= 11 is 0. The monoisotopic (exact) mass is 368 g/mol. The zero-order valence-electron chi connectivity index (χ0n) is 1.25. The normalized spacial score (nSPS) is 0. The Labute approximate surface area is 82.5 Å². The Kier molecular flexibility index (Phi) is 128. The average Bonchev–Trinajstić information content (AvgIpc) is 0. The second-order valence-corrected chi connectivity index (χ2v) is 0. The SMILES string of the molecule is [AlH3].[Au].[Nb].[Ti]. The summed E-state index contributed by atoms with van der Waals surface area (Å²) in [5, 5.41) is 0. The van der Waals surface area contributed by atoms with Crippen molar-refractivity contribution < 1.29 is 66.5 Å². The van der Waals surface area contributed by atoms with Gasteiger partial charge in [-0.3, -0.25) is 0 Å². The van der Waals surface area contributed by atoms with Crippen molar-refractivity contribution in [2.75, 3.05) is 0 Å². The number of hydrogen-bond donors (Lipinski definition) is 0. The molecule has 0 heterocycles. The van der Waals surface area contributed by atoms with Gasteiger partial charge in [0, 0.05) is 66.5 Å². The van der Waals surface area contributed by atoms with Gasteiger partial charge < -0.3 is 0 Å². The van der Waals surface area contributed by atoms with Gasteiger partial charge in [-0.15, -0.1) is 0 Å². The van der Waals surface area contributed by atoms with Gasteiger partial charge in [0.1, 0.15) is 0 Å². The van der Waals surface area contributed by atoms with Gasteiger partial charge in [-0.2, -0.15) is 0 Å². The summed E-state index contributed by atoms with van der Waals surface area (Å²) in [4.78, 5) is 0. The molecule has 0 aromatic carbocycles. The number of hydrogen-bond acceptors (Lipinski definition) is 0. The fourth-order valence-corrected chi connectivity index (χ4v) is 0. The number of rotatable bonds is 0. The third kappa shape index (κ3) is 8.83. The minimum Gasteiger partial charge on any atom is 0 e. The Bertz CT molecular complexity index is 8.00. The van der Waals surface area contributed by atoms with Gasteiger partial charge in [-0.05, 0) is 0 Å². The van der Waals surface area contributed by atoms with Crippen LogP contribution in [0.5, 0.6) is 0 Å². The largest absolute Gasteiger partial charge is 0.187 e. The average molecular weight is 368 g/mol. The van der Waals surface area contributed by atoms with E-state index in [2.05, 4.69) is 0 Å².